The number of carbonyl (C=O) groups excluding carboxylic acids is 4. The SMILES string of the molecule is CCOC(=O)[C@H](Cc1ccccc1)NC(=O)CC[C@@H]1C[C@@H](OC(=O)NCc2cccc3c2OCO3)C[C@@]2(CCC[C@H](COC(=O)NCCc3ccccc3OC)O2)O1. The van der Waals surface area contributed by atoms with Crippen LogP contribution in [0.4, 0.5) is 9.59 Å². The fourth-order valence-electron chi connectivity index (χ4n) is 7.53. The molecule has 1 spiro atoms. The zero-order chi connectivity index (χ0) is 40.7. The average Bonchev–Trinajstić information content (AvgIpc) is 3.72. The minimum atomic E-state index is -1.15. The minimum Gasteiger partial charge on any atom is -0.496 e. The van der Waals surface area contributed by atoms with Crippen molar-refractivity contribution in [3.63, 3.8) is 0 Å². The number of benzene rings is 3. The highest BCUT2D eigenvalue weighted by atomic mass is 16.7. The van der Waals surface area contributed by atoms with Gasteiger partial charge in [0.2, 0.25) is 12.7 Å². The summed E-state index contributed by atoms with van der Waals surface area (Å²) < 4.78 is 46.4. The van der Waals surface area contributed by atoms with Crippen molar-refractivity contribution in [2.24, 2.45) is 0 Å². The van der Waals surface area contributed by atoms with E-state index in [1.807, 2.05) is 66.7 Å². The summed E-state index contributed by atoms with van der Waals surface area (Å²) in [4.78, 5) is 52.0. The highest BCUT2D eigenvalue weighted by Crippen LogP contribution is 2.41. The van der Waals surface area contributed by atoms with Gasteiger partial charge in [0.1, 0.15) is 24.5 Å². The molecule has 0 unspecified atom stereocenters. The number of amides is 3. The Balaban J connectivity index is 1.06. The van der Waals surface area contributed by atoms with Gasteiger partial charge >= 0.3 is 18.2 Å². The zero-order valence-corrected chi connectivity index (χ0v) is 33.0. The van der Waals surface area contributed by atoms with Crippen molar-refractivity contribution in [1.82, 2.24) is 16.0 Å². The van der Waals surface area contributed by atoms with Crippen LogP contribution in [0.5, 0.6) is 17.2 Å². The van der Waals surface area contributed by atoms with E-state index in [0.29, 0.717) is 50.1 Å². The highest BCUT2D eigenvalue weighted by Gasteiger charge is 2.47. The lowest BCUT2D eigenvalue weighted by molar-refractivity contribution is -0.329. The molecule has 2 saturated heterocycles. The van der Waals surface area contributed by atoms with Gasteiger partial charge in [-0.15, -0.1) is 0 Å². The second-order valence-corrected chi connectivity index (χ2v) is 14.4. The Hall–Kier alpha value is -5.54. The van der Waals surface area contributed by atoms with E-state index in [-0.39, 0.29) is 58.1 Å². The van der Waals surface area contributed by atoms with Gasteiger partial charge in [0.05, 0.1) is 25.9 Å². The van der Waals surface area contributed by atoms with Gasteiger partial charge in [-0.25, -0.2) is 14.4 Å². The molecule has 3 aromatic carbocycles. The van der Waals surface area contributed by atoms with Gasteiger partial charge in [-0.3, -0.25) is 4.79 Å². The first-order chi connectivity index (χ1) is 28.2. The molecule has 15 heteroatoms. The quantitative estimate of drug-likeness (QED) is 0.116. The van der Waals surface area contributed by atoms with Crippen molar-refractivity contribution in [2.75, 3.05) is 33.7 Å². The average molecular weight is 804 g/mol. The third kappa shape index (κ3) is 12.0. The number of rotatable bonds is 17. The Morgan fingerprint density at radius 3 is 2.50 bits per heavy atom. The molecule has 3 aliphatic heterocycles. The van der Waals surface area contributed by atoms with E-state index < -0.39 is 48.3 Å². The Labute approximate surface area is 338 Å². The molecule has 312 valence electrons. The smallest absolute Gasteiger partial charge is 0.407 e. The van der Waals surface area contributed by atoms with Crippen LogP contribution < -0.4 is 30.2 Å². The van der Waals surface area contributed by atoms with Crippen molar-refractivity contribution in [2.45, 2.75) is 101 Å². The summed E-state index contributed by atoms with van der Waals surface area (Å²) in [7, 11) is 1.61. The second kappa shape index (κ2) is 20.8. The maximum Gasteiger partial charge on any atom is 0.407 e. The number of ether oxygens (including phenoxy) is 8. The largest absolute Gasteiger partial charge is 0.496 e. The normalized spacial score (nSPS) is 21.3. The maximum absolute atomic E-state index is 13.3. The summed E-state index contributed by atoms with van der Waals surface area (Å²) in [6, 6.07) is 21.6. The number of esters is 1. The van der Waals surface area contributed by atoms with Gasteiger partial charge in [0, 0.05) is 50.8 Å². The third-order valence-electron chi connectivity index (χ3n) is 10.2. The molecular weight excluding hydrogens is 750 g/mol. The van der Waals surface area contributed by atoms with Crippen LogP contribution in [0, 0.1) is 0 Å². The topological polar surface area (TPSA) is 178 Å². The van der Waals surface area contributed by atoms with Gasteiger partial charge < -0.3 is 53.8 Å². The van der Waals surface area contributed by atoms with Crippen LogP contribution in [0.3, 0.4) is 0 Å². The van der Waals surface area contributed by atoms with Gasteiger partial charge in [-0.2, -0.15) is 0 Å². The minimum absolute atomic E-state index is 0.00543. The van der Waals surface area contributed by atoms with Crippen molar-refractivity contribution in [3.05, 3.63) is 89.5 Å². The number of carbonyl (C=O) groups is 4. The molecule has 15 nitrogen and oxygen atoms in total. The number of hydrogen-bond acceptors (Lipinski definition) is 12. The van der Waals surface area contributed by atoms with Crippen LogP contribution in [0.1, 0.15) is 68.6 Å². The number of nitrogens with one attached hydrogen (secondary N) is 3. The van der Waals surface area contributed by atoms with Crippen molar-refractivity contribution >= 4 is 24.1 Å². The van der Waals surface area contributed by atoms with E-state index in [4.69, 9.17) is 37.9 Å². The molecule has 3 N–H and O–H groups in total. The van der Waals surface area contributed by atoms with Crippen LogP contribution in [-0.4, -0.2) is 87.9 Å². The van der Waals surface area contributed by atoms with Crippen LogP contribution in [-0.2, 0) is 52.7 Å². The first-order valence-corrected chi connectivity index (χ1v) is 19.9. The summed E-state index contributed by atoms with van der Waals surface area (Å²) in [5.74, 6) is -0.0739. The number of hydrogen-bond donors (Lipinski definition) is 3. The number of para-hydroxylation sites is 2. The molecule has 0 aliphatic carbocycles. The van der Waals surface area contributed by atoms with Crippen molar-refractivity contribution in [3.8, 4) is 17.2 Å². The van der Waals surface area contributed by atoms with Crippen molar-refractivity contribution < 1.29 is 57.1 Å². The molecule has 3 aromatic rings. The molecule has 0 bridgehead atoms. The van der Waals surface area contributed by atoms with Gasteiger partial charge in [-0.05, 0) is 55.9 Å². The lowest BCUT2D eigenvalue weighted by Crippen LogP contribution is -2.54. The standard InChI is InChI=1S/C43H53N3O12/c1-3-52-40(48)35(23-29-11-5-4-6-12-29)46-38(47)19-18-32-24-34(56-42(50)45-26-31-14-9-17-37-39(31)55-28-54-37)25-43(57-32)21-10-15-33(58-43)27-53-41(49)44-22-20-30-13-7-8-16-36(30)51-2/h4-9,11-14,16-17,32-35H,3,10,15,18-28H2,1-2H3,(H,44,49)(H,45,50)(H,46,47)/t32-,33-,34-,35+,43+/m1/s1. The molecule has 0 saturated carbocycles. The zero-order valence-electron chi connectivity index (χ0n) is 33.0. The number of alkyl carbamates (subject to hydrolysis) is 2. The lowest BCUT2D eigenvalue weighted by Gasteiger charge is -2.47. The highest BCUT2D eigenvalue weighted by molar-refractivity contribution is 5.84. The first-order valence-electron chi connectivity index (χ1n) is 19.9. The predicted octanol–water partition coefficient (Wildman–Crippen LogP) is 5.50. The summed E-state index contributed by atoms with van der Waals surface area (Å²) in [6.45, 7) is 2.52. The molecule has 3 amide bonds. The molecule has 58 heavy (non-hydrogen) atoms. The van der Waals surface area contributed by atoms with Crippen molar-refractivity contribution in [1.29, 1.82) is 0 Å². The molecule has 5 atom stereocenters. The summed E-state index contributed by atoms with van der Waals surface area (Å²) in [6.07, 6.45) is 0.708. The molecule has 3 aliphatic rings. The Kier molecular flexibility index (Phi) is 15.1. The fraction of sp³-hybridized carbons (Fsp3) is 0.488. The molecule has 2 fully saturated rings. The van der Waals surface area contributed by atoms with E-state index in [2.05, 4.69) is 16.0 Å². The van der Waals surface area contributed by atoms with Gasteiger partial charge in [-0.1, -0.05) is 60.7 Å². The second-order valence-electron chi connectivity index (χ2n) is 14.4. The van der Waals surface area contributed by atoms with Crippen LogP contribution in [0.2, 0.25) is 0 Å². The number of fused-ring (bicyclic) bond motifs is 1. The summed E-state index contributed by atoms with van der Waals surface area (Å²) in [5, 5.41) is 8.44. The monoisotopic (exact) mass is 803 g/mol. The van der Waals surface area contributed by atoms with E-state index in [1.54, 1.807) is 20.1 Å². The molecule has 3 heterocycles. The first kappa shape index (κ1) is 42.1. The Morgan fingerprint density at radius 2 is 1.67 bits per heavy atom. The summed E-state index contributed by atoms with van der Waals surface area (Å²) in [5.41, 5.74) is 2.59. The molecule has 0 aromatic heterocycles. The van der Waals surface area contributed by atoms with E-state index in [1.165, 1.54) is 0 Å². The van der Waals surface area contributed by atoms with Crippen LogP contribution in [0.15, 0.2) is 72.8 Å². The van der Waals surface area contributed by atoms with E-state index in [0.717, 1.165) is 22.4 Å². The number of methoxy groups -OCH3 is 1. The molecule has 6 rings (SSSR count). The Bertz CT molecular complexity index is 1840. The molecule has 0 radical (unpaired) electrons. The maximum atomic E-state index is 13.3. The van der Waals surface area contributed by atoms with Crippen LogP contribution >= 0.6 is 0 Å². The predicted molar refractivity (Wildman–Crippen MR) is 209 cm³/mol. The third-order valence-corrected chi connectivity index (χ3v) is 10.2. The molecular formula is C43H53N3O12. The van der Waals surface area contributed by atoms with Gasteiger partial charge in [0.15, 0.2) is 17.3 Å². The van der Waals surface area contributed by atoms with E-state index >= 15 is 0 Å². The van der Waals surface area contributed by atoms with Gasteiger partial charge in [0.25, 0.3) is 0 Å². The van der Waals surface area contributed by atoms with Crippen LogP contribution in [0.25, 0.3) is 0 Å². The fourth-order valence-corrected chi connectivity index (χ4v) is 7.53. The Morgan fingerprint density at radius 1 is 0.879 bits per heavy atom. The van der Waals surface area contributed by atoms with E-state index in [9.17, 15) is 19.2 Å². The lowest BCUT2D eigenvalue weighted by atomic mass is 9.90. The summed E-state index contributed by atoms with van der Waals surface area (Å²) >= 11 is 0.